The number of aryl methyl sites for hydroxylation is 2. The second kappa shape index (κ2) is 5.10. The molecule has 0 aromatic heterocycles. The molecule has 0 aliphatic heterocycles. The van der Waals surface area contributed by atoms with Crippen molar-refractivity contribution in [3.8, 4) is 0 Å². The van der Waals surface area contributed by atoms with E-state index in [2.05, 4.69) is 18.6 Å². The van der Waals surface area contributed by atoms with Crippen LogP contribution in [0, 0.1) is 25.2 Å². The summed E-state index contributed by atoms with van der Waals surface area (Å²) >= 11 is 0. The highest BCUT2D eigenvalue weighted by Gasteiger charge is 2.45. The Bertz CT molecular complexity index is 692. The fraction of sp³-hybridized carbons (Fsp3) is 0.533. The van der Waals surface area contributed by atoms with E-state index in [1.807, 2.05) is 0 Å². The summed E-state index contributed by atoms with van der Waals surface area (Å²) < 4.78 is 27.4. The summed E-state index contributed by atoms with van der Waals surface area (Å²) in [5.74, 6) is -0.774. The standard InChI is InChI=1S/C15H21NO4S/c1-9-5-10(2)13(6-12(9)14(17)18)21(19,20)16-8-11-7-15(11,3)4/h5-6,11,16H,7-8H2,1-4H3,(H,17,18). The van der Waals surface area contributed by atoms with Gasteiger partial charge in [-0.3, -0.25) is 0 Å². The van der Waals surface area contributed by atoms with Gasteiger partial charge in [-0.05, 0) is 48.8 Å². The van der Waals surface area contributed by atoms with Gasteiger partial charge in [-0.2, -0.15) is 0 Å². The maximum Gasteiger partial charge on any atom is 0.335 e. The van der Waals surface area contributed by atoms with Crippen molar-refractivity contribution in [2.75, 3.05) is 6.54 Å². The van der Waals surface area contributed by atoms with E-state index in [4.69, 9.17) is 5.11 Å². The van der Waals surface area contributed by atoms with Crippen LogP contribution in [0.1, 0.15) is 41.8 Å². The number of hydrogen-bond donors (Lipinski definition) is 2. The number of nitrogens with one attached hydrogen (secondary N) is 1. The average molecular weight is 311 g/mol. The molecule has 1 saturated carbocycles. The Balaban J connectivity index is 2.27. The Morgan fingerprint density at radius 3 is 2.38 bits per heavy atom. The lowest BCUT2D eigenvalue weighted by Gasteiger charge is -2.12. The van der Waals surface area contributed by atoms with Crippen LogP contribution in [0.4, 0.5) is 0 Å². The highest BCUT2D eigenvalue weighted by molar-refractivity contribution is 7.89. The Hall–Kier alpha value is -1.40. The van der Waals surface area contributed by atoms with Crippen molar-refractivity contribution in [2.24, 2.45) is 11.3 Å². The van der Waals surface area contributed by atoms with Gasteiger partial charge >= 0.3 is 5.97 Å². The molecule has 1 aromatic rings. The SMILES string of the molecule is Cc1cc(C)c(S(=O)(=O)NCC2CC2(C)C)cc1C(=O)O. The van der Waals surface area contributed by atoms with Crippen molar-refractivity contribution in [3.63, 3.8) is 0 Å². The normalized spacial score (nSPS) is 20.3. The summed E-state index contributed by atoms with van der Waals surface area (Å²) in [5, 5.41) is 9.13. The van der Waals surface area contributed by atoms with Crippen LogP contribution in [-0.2, 0) is 10.0 Å². The molecule has 116 valence electrons. The van der Waals surface area contributed by atoms with Gasteiger partial charge in [-0.25, -0.2) is 17.9 Å². The summed E-state index contributed by atoms with van der Waals surface area (Å²) in [6, 6.07) is 2.84. The van der Waals surface area contributed by atoms with E-state index in [0.717, 1.165) is 6.42 Å². The van der Waals surface area contributed by atoms with Crippen molar-refractivity contribution in [1.82, 2.24) is 4.72 Å². The predicted molar refractivity (Wildman–Crippen MR) is 80.0 cm³/mol. The highest BCUT2D eigenvalue weighted by atomic mass is 32.2. The van der Waals surface area contributed by atoms with Gasteiger partial charge in [0.25, 0.3) is 0 Å². The number of carboxylic acid groups (broad SMARTS) is 1. The maximum atomic E-state index is 12.4. The lowest BCUT2D eigenvalue weighted by Crippen LogP contribution is -2.27. The molecule has 0 heterocycles. The van der Waals surface area contributed by atoms with Crippen LogP contribution in [-0.4, -0.2) is 26.0 Å². The zero-order valence-electron chi connectivity index (χ0n) is 12.7. The van der Waals surface area contributed by atoms with Crippen LogP contribution < -0.4 is 4.72 Å². The van der Waals surface area contributed by atoms with Crippen molar-refractivity contribution in [2.45, 2.75) is 39.0 Å². The fourth-order valence-electron chi connectivity index (χ4n) is 2.56. The number of aromatic carboxylic acids is 1. The van der Waals surface area contributed by atoms with E-state index in [0.29, 0.717) is 23.6 Å². The smallest absolute Gasteiger partial charge is 0.335 e. The van der Waals surface area contributed by atoms with Gasteiger partial charge in [0, 0.05) is 6.54 Å². The molecular formula is C15H21NO4S. The van der Waals surface area contributed by atoms with Gasteiger partial charge in [-0.1, -0.05) is 19.9 Å². The van der Waals surface area contributed by atoms with Crippen LogP contribution in [0.2, 0.25) is 0 Å². The lowest BCUT2D eigenvalue weighted by atomic mass is 10.1. The van der Waals surface area contributed by atoms with Gasteiger partial charge in [0.15, 0.2) is 0 Å². The van der Waals surface area contributed by atoms with E-state index in [-0.39, 0.29) is 15.9 Å². The molecule has 1 fully saturated rings. The molecule has 1 aliphatic rings. The minimum absolute atomic E-state index is 0.0210. The number of carboxylic acids is 1. The molecule has 1 atom stereocenters. The van der Waals surface area contributed by atoms with E-state index < -0.39 is 16.0 Å². The monoisotopic (exact) mass is 311 g/mol. The van der Waals surface area contributed by atoms with Crippen LogP contribution in [0.3, 0.4) is 0 Å². The molecule has 21 heavy (non-hydrogen) atoms. The zero-order valence-corrected chi connectivity index (χ0v) is 13.5. The Morgan fingerprint density at radius 2 is 1.90 bits per heavy atom. The third-order valence-corrected chi connectivity index (χ3v) is 5.84. The van der Waals surface area contributed by atoms with E-state index in [1.165, 1.54) is 6.07 Å². The van der Waals surface area contributed by atoms with Gasteiger partial charge in [-0.15, -0.1) is 0 Å². The largest absolute Gasteiger partial charge is 0.478 e. The molecule has 6 heteroatoms. The first kappa shape index (κ1) is 16.0. The number of sulfonamides is 1. The molecule has 0 radical (unpaired) electrons. The minimum Gasteiger partial charge on any atom is -0.478 e. The third kappa shape index (κ3) is 3.27. The summed E-state index contributed by atoms with van der Waals surface area (Å²) in [6.07, 6.45) is 1.00. The lowest BCUT2D eigenvalue weighted by molar-refractivity contribution is 0.0696. The molecule has 2 N–H and O–H groups in total. The average Bonchev–Trinajstić information content (AvgIpc) is 2.94. The molecule has 0 amide bonds. The van der Waals surface area contributed by atoms with Gasteiger partial charge in [0.05, 0.1) is 10.5 Å². The van der Waals surface area contributed by atoms with Crippen LogP contribution in [0.15, 0.2) is 17.0 Å². The second-order valence-electron chi connectivity index (χ2n) is 6.48. The first-order valence-corrected chi connectivity index (χ1v) is 8.37. The molecule has 0 bridgehead atoms. The predicted octanol–water partition coefficient (Wildman–Crippen LogP) is 2.33. The van der Waals surface area contributed by atoms with E-state index in [1.54, 1.807) is 19.9 Å². The molecule has 2 rings (SSSR count). The molecule has 1 aliphatic carbocycles. The Morgan fingerprint density at radius 1 is 1.33 bits per heavy atom. The molecule has 1 aromatic carbocycles. The fourth-order valence-corrected chi connectivity index (χ4v) is 3.90. The van der Waals surface area contributed by atoms with Crippen LogP contribution in [0.25, 0.3) is 0 Å². The molecule has 1 unspecified atom stereocenters. The molecule has 5 nitrogen and oxygen atoms in total. The van der Waals surface area contributed by atoms with Gasteiger partial charge < -0.3 is 5.11 Å². The van der Waals surface area contributed by atoms with Crippen molar-refractivity contribution in [3.05, 3.63) is 28.8 Å². The van der Waals surface area contributed by atoms with Gasteiger partial charge in [0.2, 0.25) is 10.0 Å². The van der Waals surface area contributed by atoms with E-state index in [9.17, 15) is 13.2 Å². The number of rotatable bonds is 5. The molecular weight excluding hydrogens is 290 g/mol. The Kier molecular flexibility index (Phi) is 3.88. The maximum absolute atomic E-state index is 12.4. The van der Waals surface area contributed by atoms with E-state index >= 15 is 0 Å². The number of carbonyl (C=O) groups is 1. The molecule has 0 saturated heterocycles. The van der Waals surface area contributed by atoms with Crippen LogP contribution >= 0.6 is 0 Å². The summed E-state index contributed by atoms with van der Waals surface area (Å²) in [6.45, 7) is 7.93. The quantitative estimate of drug-likeness (QED) is 0.874. The first-order chi connectivity index (χ1) is 9.54. The number of benzene rings is 1. The van der Waals surface area contributed by atoms with Gasteiger partial charge in [0.1, 0.15) is 0 Å². The third-order valence-electron chi connectivity index (χ3n) is 4.28. The van der Waals surface area contributed by atoms with Crippen molar-refractivity contribution >= 4 is 16.0 Å². The first-order valence-electron chi connectivity index (χ1n) is 6.89. The highest BCUT2D eigenvalue weighted by Crippen LogP contribution is 2.51. The zero-order chi connectivity index (χ0) is 16.0. The topological polar surface area (TPSA) is 83.5 Å². The summed E-state index contributed by atoms with van der Waals surface area (Å²) in [4.78, 5) is 11.2. The summed E-state index contributed by atoms with van der Waals surface area (Å²) in [7, 11) is -3.68. The van der Waals surface area contributed by atoms with Crippen molar-refractivity contribution in [1.29, 1.82) is 0 Å². The van der Waals surface area contributed by atoms with Crippen LogP contribution in [0.5, 0.6) is 0 Å². The number of hydrogen-bond acceptors (Lipinski definition) is 3. The van der Waals surface area contributed by atoms with Crippen molar-refractivity contribution < 1.29 is 18.3 Å². The Labute approximate surface area is 125 Å². The molecule has 0 spiro atoms. The summed E-state index contributed by atoms with van der Waals surface area (Å²) in [5.41, 5.74) is 1.33. The minimum atomic E-state index is -3.68. The second-order valence-corrected chi connectivity index (χ2v) is 8.21.